The molecule has 0 aromatic carbocycles. The lowest BCUT2D eigenvalue weighted by atomic mass is 10.1. The number of ether oxygens (including phenoxy) is 1. The second-order valence-corrected chi connectivity index (χ2v) is 4.80. The van der Waals surface area contributed by atoms with Crippen molar-refractivity contribution in [3.63, 3.8) is 0 Å². The molecule has 0 amide bonds. The molecule has 1 saturated heterocycles. The fourth-order valence-corrected chi connectivity index (χ4v) is 2.16. The SMILES string of the molecule is CC1CN(Cc2ccnc(Cl)c2)C(C)CO1. The van der Waals surface area contributed by atoms with Gasteiger partial charge in [-0.2, -0.15) is 0 Å². The predicted octanol–water partition coefficient (Wildman–Crippen LogP) is 2.34. The molecular formula is C12H17ClN2O. The van der Waals surface area contributed by atoms with Gasteiger partial charge < -0.3 is 4.74 Å². The summed E-state index contributed by atoms with van der Waals surface area (Å²) in [4.78, 5) is 6.41. The van der Waals surface area contributed by atoms with Crippen LogP contribution in [0.1, 0.15) is 19.4 Å². The third-order valence-electron chi connectivity index (χ3n) is 2.91. The van der Waals surface area contributed by atoms with Crippen LogP contribution < -0.4 is 0 Å². The lowest BCUT2D eigenvalue weighted by Gasteiger charge is -2.36. The van der Waals surface area contributed by atoms with Crippen molar-refractivity contribution in [2.75, 3.05) is 13.2 Å². The third-order valence-corrected chi connectivity index (χ3v) is 3.12. The highest BCUT2D eigenvalue weighted by molar-refractivity contribution is 6.29. The largest absolute Gasteiger partial charge is 0.376 e. The molecule has 16 heavy (non-hydrogen) atoms. The van der Waals surface area contributed by atoms with Crippen molar-refractivity contribution in [1.29, 1.82) is 0 Å². The molecule has 1 aromatic rings. The van der Waals surface area contributed by atoms with Crippen molar-refractivity contribution in [2.45, 2.75) is 32.5 Å². The van der Waals surface area contributed by atoms with E-state index >= 15 is 0 Å². The molecule has 2 rings (SSSR count). The number of nitrogens with zero attached hydrogens (tertiary/aromatic N) is 2. The van der Waals surface area contributed by atoms with E-state index in [2.05, 4.69) is 23.7 Å². The molecule has 3 nitrogen and oxygen atoms in total. The quantitative estimate of drug-likeness (QED) is 0.742. The number of morpholine rings is 1. The summed E-state index contributed by atoms with van der Waals surface area (Å²) in [5, 5.41) is 0.562. The van der Waals surface area contributed by atoms with Crippen LogP contribution in [0.3, 0.4) is 0 Å². The van der Waals surface area contributed by atoms with Crippen LogP contribution in [-0.2, 0) is 11.3 Å². The molecule has 0 radical (unpaired) electrons. The molecule has 0 N–H and O–H groups in total. The molecule has 1 aliphatic rings. The molecular weight excluding hydrogens is 224 g/mol. The Labute approximate surface area is 101 Å². The standard InChI is InChI=1S/C12H17ClN2O/c1-9-8-16-10(2)6-15(9)7-11-3-4-14-12(13)5-11/h3-5,9-10H,6-8H2,1-2H3. The maximum absolute atomic E-state index is 5.87. The molecule has 1 aliphatic heterocycles. The lowest BCUT2D eigenvalue weighted by molar-refractivity contribution is -0.0526. The Balaban J connectivity index is 2.02. The Morgan fingerprint density at radius 2 is 2.38 bits per heavy atom. The van der Waals surface area contributed by atoms with Gasteiger partial charge in [-0.15, -0.1) is 0 Å². The van der Waals surface area contributed by atoms with E-state index in [0.29, 0.717) is 17.3 Å². The summed E-state index contributed by atoms with van der Waals surface area (Å²) in [7, 11) is 0. The van der Waals surface area contributed by atoms with Crippen molar-refractivity contribution in [1.82, 2.24) is 9.88 Å². The molecule has 2 heterocycles. The van der Waals surface area contributed by atoms with E-state index in [4.69, 9.17) is 16.3 Å². The zero-order chi connectivity index (χ0) is 11.5. The number of hydrogen-bond acceptors (Lipinski definition) is 3. The summed E-state index contributed by atoms with van der Waals surface area (Å²) in [5.41, 5.74) is 1.21. The average molecular weight is 241 g/mol. The molecule has 0 bridgehead atoms. The zero-order valence-electron chi connectivity index (χ0n) is 9.69. The number of aromatic nitrogens is 1. The van der Waals surface area contributed by atoms with Gasteiger partial charge in [0.1, 0.15) is 5.15 Å². The van der Waals surface area contributed by atoms with E-state index in [1.54, 1.807) is 6.20 Å². The monoisotopic (exact) mass is 240 g/mol. The number of hydrogen-bond donors (Lipinski definition) is 0. The minimum Gasteiger partial charge on any atom is -0.376 e. The van der Waals surface area contributed by atoms with Crippen LogP contribution >= 0.6 is 11.6 Å². The summed E-state index contributed by atoms with van der Waals surface area (Å²) in [6.45, 7) is 6.99. The molecule has 1 aromatic heterocycles. The van der Waals surface area contributed by atoms with E-state index in [-0.39, 0.29) is 0 Å². The van der Waals surface area contributed by atoms with Gasteiger partial charge in [0, 0.05) is 25.3 Å². The number of rotatable bonds is 2. The minimum absolute atomic E-state index is 0.313. The van der Waals surface area contributed by atoms with E-state index in [0.717, 1.165) is 19.7 Å². The maximum Gasteiger partial charge on any atom is 0.129 e. The first-order valence-electron chi connectivity index (χ1n) is 5.61. The van der Waals surface area contributed by atoms with Gasteiger partial charge in [-0.05, 0) is 31.5 Å². The molecule has 4 heteroatoms. The van der Waals surface area contributed by atoms with Crippen LogP contribution in [-0.4, -0.2) is 35.2 Å². The van der Waals surface area contributed by atoms with Crippen molar-refractivity contribution in [3.05, 3.63) is 29.0 Å². The van der Waals surface area contributed by atoms with Crippen LogP contribution in [0.4, 0.5) is 0 Å². The van der Waals surface area contributed by atoms with Crippen LogP contribution in [0.25, 0.3) is 0 Å². The van der Waals surface area contributed by atoms with Crippen molar-refractivity contribution in [3.8, 4) is 0 Å². The van der Waals surface area contributed by atoms with E-state index in [9.17, 15) is 0 Å². The first-order chi connectivity index (χ1) is 7.65. The van der Waals surface area contributed by atoms with Gasteiger partial charge in [0.05, 0.1) is 12.7 Å². The third kappa shape index (κ3) is 2.94. The highest BCUT2D eigenvalue weighted by Crippen LogP contribution is 2.16. The average Bonchev–Trinajstić information content (AvgIpc) is 2.24. The Morgan fingerprint density at radius 1 is 1.56 bits per heavy atom. The van der Waals surface area contributed by atoms with Gasteiger partial charge in [-0.25, -0.2) is 4.98 Å². The van der Waals surface area contributed by atoms with Crippen molar-refractivity contribution < 1.29 is 4.74 Å². The van der Waals surface area contributed by atoms with Crippen LogP contribution in [0.15, 0.2) is 18.3 Å². The Hall–Kier alpha value is -0.640. The highest BCUT2D eigenvalue weighted by atomic mass is 35.5. The lowest BCUT2D eigenvalue weighted by Crippen LogP contribution is -2.46. The number of pyridine rings is 1. The Morgan fingerprint density at radius 3 is 3.12 bits per heavy atom. The highest BCUT2D eigenvalue weighted by Gasteiger charge is 2.23. The molecule has 0 aliphatic carbocycles. The Kier molecular flexibility index (Phi) is 3.79. The molecule has 1 fully saturated rings. The smallest absolute Gasteiger partial charge is 0.129 e. The molecule has 2 atom stereocenters. The molecule has 88 valence electrons. The first kappa shape index (κ1) is 11.8. The van der Waals surface area contributed by atoms with Gasteiger partial charge in [-0.1, -0.05) is 11.6 Å². The minimum atomic E-state index is 0.313. The summed E-state index contributed by atoms with van der Waals surface area (Å²) in [5.74, 6) is 0. The zero-order valence-corrected chi connectivity index (χ0v) is 10.4. The van der Waals surface area contributed by atoms with Crippen LogP contribution in [0.5, 0.6) is 0 Å². The first-order valence-corrected chi connectivity index (χ1v) is 5.99. The summed E-state index contributed by atoms with van der Waals surface area (Å²) in [6, 6.07) is 4.40. The van der Waals surface area contributed by atoms with Crippen LogP contribution in [0.2, 0.25) is 5.15 Å². The second kappa shape index (κ2) is 5.13. The predicted molar refractivity (Wildman–Crippen MR) is 64.5 cm³/mol. The topological polar surface area (TPSA) is 25.4 Å². The van der Waals surface area contributed by atoms with Crippen LogP contribution in [0, 0.1) is 0 Å². The van der Waals surface area contributed by atoms with E-state index in [1.807, 2.05) is 12.1 Å². The summed E-state index contributed by atoms with van der Waals surface area (Å²) >= 11 is 5.87. The van der Waals surface area contributed by atoms with Gasteiger partial charge in [0.15, 0.2) is 0 Å². The summed E-state index contributed by atoms with van der Waals surface area (Å²) < 4.78 is 5.60. The van der Waals surface area contributed by atoms with Gasteiger partial charge >= 0.3 is 0 Å². The van der Waals surface area contributed by atoms with Crippen molar-refractivity contribution >= 4 is 11.6 Å². The Bertz CT molecular complexity index is 359. The van der Waals surface area contributed by atoms with Crippen molar-refractivity contribution in [2.24, 2.45) is 0 Å². The fraction of sp³-hybridized carbons (Fsp3) is 0.583. The fourth-order valence-electron chi connectivity index (χ4n) is 1.97. The second-order valence-electron chi connectivity index (χ2n) is 4.41. The van der Waals surface area contributed by atoms with E-state index in [1.165, 1.54) is 5.56 Å². The van der Waals surface area contributed by atoms with Gasteiger partial charge in [0.2, 0.25) is 0 Å². The maximum atomic E-state index is 5.87. The molecule has 2 unspecified atom stereocenters. The van der Waals surface area contributed by atoms with Gasteiger partial charge in [0.25, 0.3) is 0 Å². The molecule has 0 spiro atoms. The summed E-state index contributed by atoms with van der Waals surface area (Å²) in [6.07, 6.45) is 2.07. The molecule has 0 saturated carbocycles. The van der Waals surface area contributed by atoms with Gasteiger partial charge in [-0.3, -0.25) is 4.90 Å². The normalized spacial score (nSPS) is 26.9. The van der Waals surface area contributed by atoms with E-state index < -0.39 is 0 Å². The number of halogens is 1.